The Morgan fingerprint density at radius 1 is 1.11 bits per heavy atom. The molecule has 4 nitrogen and oxygen atoms in total. The average Bonchev–Trinajstić information content (AvgIpc) is 2.30. The van der Waals surface area contributed by atoms with Crippen molar-refractivity contribution in [1.29, 1.82) is 0 Å². The lowest BCUT2D eigenvalue weighted by atomic mass is 10.2. The van der Waals surface area contributed by atoms with Crippen molar-refractivity contribution >= 4 is 21.7 Å². The Labute approximate surface area is 113 Å². The number of aliphatic hydroxyl groups is 1. The van der Waals surface area contributed by atoms with Gasteiger partial charge in [0.1, 0.15) is 0 Å². The van der Waals surface area contributed by atoms with E-state index in [1.165, 1.54) is 12.1 Å². The van der Waals surface area contributed by atoms with Gasteiger partial charge in [0, 0.05) is 12.5 Å². The van der Waals surface area contributed by atoms with Crippen molar-refractivity contribution in [3.05, 3.63) is 29.8 Å². The van der Waals surface area contributed by atoms with E-state index in [0.29, 0.717) is 6.61 Å². The van der Waals surface area contributed by atoms with Crippen LogP contribution in [0.2, 0.25) is 0 Å². The molecule has 0 amide bonds. The van der Waals surface area contributed by atoms with E-state index < -0.39 is 10.1 Å². The zero-order valence-electron chi connectivity index (χ0n) is 10.3. The van der Waals surface area contributed by atoms with Gasteiger partial charge in [-0.2, -0.15) is 8.42 Å². The highest BCUT2D eigenvalue weighted by atomic mass is 35.5. The Kier molecular flexibility index (Phi) is 9.01. The highest BCUT2D eigenvalue weighted by Gasteiger charge is 2.06. The molecule has 0 saturated carbocycles. The van der Waals surface area contributed by atoms with Crippen LogP contribution in [0.15, 0.2) is 29.2 Å². The number of rotatable bonds is 5. The first-order chi connectivity index (χ1) is 8.41. The summed E-state index contributed by atoms with van der Waals surface area (Å²) in [5, 5.41) is 8.25. The van der Waals surface area contributed by atoms with E-state index >= 15 is 0 Å². The maximum absolute atomic E-state index is 10.5. The van der Waals surface area contributed by atoms with Gasteiger partial charge in [0.05, 0.1) is 4.90 Å². The first-order valence-electron chi connectivity index (χ1n) is 5.62. The fraction of sp³-hybridized carbons (Fsp3) is 0.500. The SMILES string of the molecule is Cc1ccc(S(=O)(=O)O)cc1.OCCCCCCl. The topological polar surface area (TPSA) is 74.6 Å². The highest BCUT2D eigenvalue weighted by Crippen LogP contribution is 2.08. The third-order valence-corrected chi connectivity index (χ3v) is 3.25. The average molecular weight is 295 g/mol. The minimum absolute atomic E-state index is 0.0666. The van der Waals surface area contributed by atoms with E-state index in [2.05, 4.69) is 0 Å². The van der Waals surface area contributed by atoms with E-state index in [-0.39, 0.29) is 4.90 Å². The first kappa shape index (κ1) is 17.4. The van der Waals surface area contributed by atoms with Gasteiger partial charge in [-0.1, -0.05) is 17.7 Å². The Bertz CT molecular complexity index is 410. The second kappa shape index (κ2) is 9.33. The lowest BCUT2D eigenvalue weighted by molar-refractivity contribution is 0.284. The molecular weight excluding hydrogens is 276 g/mol. The zero-order chi connectivity index (χ0) is 14.0. The Morgan fingerprint density at radius 2 is 1.67 bits per heavy atom. The van der Waals surface area contributed by atoms with Gasteiger partial charge in [-0.15, -0.1) is 11.6 Å². The maximum atomic E-state index is 10.5. The predicted octanol–water partition coefficient (Wildman–Crippen LogP) is 2.63. The molecule has 0 bridgehead atoms. The summed E-state index contributed by atoms with van der Waals surface area (Å²) in [5.74, 6) is 0.722. The number of hydrogen-bond donors (Lipinski definition) is 2. The summed E-state index contributed by atoms with van der Waals surface area (Å²) in [6.45, 7) is 2.14. The quantitative estimate of drug-likeness (QED) is 0.497. The summed E-state index contributed by atoms with van der Waals surface area (Å²) in [7, 11) is -4.02. The monoisotopic (exact) mass is 294 g/mol. The van der Waals surface area contributed by atoms with Crippen molar-refractivity contribution in [2.45, 2.75) is 31.1 Å². The van der Waals surface area contributed by atoms with E-state index in [4.69, 9.17) is 21.3 Å². The molecule has 1 aromatic carbocycles. The summed E-state index contributed by atoms with van der Waals surface area (Å²) in [6.07, 6.45) is 2.98. The largest absolute Gasteiger partial charge is 0.396 e. The van der Waals surface area contributed by atoms with Crippen molar-refractivity contribution in [3.8, 4) is 0 Å². The molecule has 0 unspecified atom stereocenters. The molecule has 1 aromatic rings. The second-order valence-corrected chi connectivity index (χ2v) is 5.56. The molecule has 0 aliphatic carbocycles. The molecule has 1 rings (SSSR count). The molecule has 0 atom stereocenters. The molecule has 0 fully saturated rings. The maximum Gasteiger partial charge on any atom is 0.294 e. The third-order valence-electron chi connectivity index (χ3n) is 2.11. The van der Waals surface area contributed by atoms with Gasteiger partial charge in [0.2, 0.25) is 0 Å². The Morgan fingerprint density at radius 3 is 2.06 bits per heavy atom. The van der Waals surface area contributed by atoms with Crippen LogP contribution in [0.4, 0.5) is 0 Å². The molecular formula is C12H19ClO4S. The minimum atomic E-state index is -4.02. The van der Waals surface area contributed by atoms with Crippen molar-refractivity contribution in [2.24, 2.45) is 0 Å². The van der Waals surface area contributed by atoms with Crippen LogP contribution in [-0.2, 0) is 10.1 Å². The van der Waals surface area contributed by atoms with E-state index in [0.717, 1.165) is 30.7 Å². The number of aryl methyl sites for hydroxylation is 1. The van der Waals surface area contributed by atoms with Crippen LogP contribution in [-0.4, -0.2) is 30.6 Å². The molecule has 0 aliphatic rings. The van der Waals surface area contributed by atoms with Crippen molar-refractivity contribution in [2.75, 3.05) is 12.5 Å². The molecule has 18 heavy (non-hydrogen) atoms. The van der Waals surface area contributed by atoms with Crippen LogP contribution in [0.5, 0.6) is 0 Å². The van der Waals surface area contributed by atoms with Crippen LogP contribution in [0.1, 0.15) is 24.8 Å². The smallest absolute Gasteiger partial charge is 0.294 e. The molecule has 0 aliphatic heterocycles. The highest BCUT2D eigenvalue weighted by molar-refractivity contribution is 7.85. The Hall–Kier alpha value is -0.620. The van der Waals surface area contributed by atoms with Crippen LogP contribution in [0.3, 0.4) is 0 Å². The van der Waals surface area contributed by atoms with Crippen molar-refractivity contribution < 1.29 is 18.1 Å². The normalized spacial score (nSPS) is 10.7. The van der Waals surface area contributed by atoms with E-state index in [1.807, 2.05) is 6.92 Å². The molecule has 104 valence electrons. The molecule has 0 saturated heterocycles. The standard InChI is InChI=1S/C7H8O3S.C5H11ClO/c1-6-2-4-7(5-3-6)11(8,9)10;6-4-2-1-3-5-7/h2-5H,1H3,(H,8,9,10);7H,1-5H2. The molecule has 0 heterocycles. The summed E-state index contributed by atoms with van der Waals surface area (Å²) in [6, 6.07) is 5.99. The third kappa shape index (κ3) is 8.47. The van der Waals surface area contributed by atoms with Gasteiger partial charge < -0.3 is 5.11 Å². The van der Waals surface area contributed by atoms with E-state index in [9.17, 15) is 8.42 Å². The number of unbranched alkanes of at least 4 members (excludes halogenated alkanes) is 2. The molecule has 0 aromatic heterocycles. The van der Waals surface area contributed by atoms with Gasteiger partial charge in [-0.3, -0.25) is 4.55 Å². The van der Waals surface area contributed by atoms with Gasteiger partial charge in [0.15, 0.2) is 0 Å². The molecule has 0 spiro atoms. The number of aliphatic hydroxyl groups excluding tert-OH is 1. The van der Waals surface area contributed by atoms with Crippen LogP contribution >= 0.6 is 11.6 Å². The second-order valence-electron chi connectivity index (χ2n) is 3.76. The van der Waals surface area contributed by atoms with Crippen molar-refractivity contribution in [1.82, 2.24) is 0 Å². The molecule has 6 heteroatoms. The fourth-order valence-electron chi connectivity index (χ4n) is 1.09. The zero-order valence-corrected chi connectivity index (χ0v) is 11.9. The van der Waals surface area contributed by atoms with Crippen LogP contribution in [0.25, 0.3) is 0 Å². The van der Waals surface area contributed by atoms with Gasteiger partial charge >= 0.3 is 0 Å². The predicted molar refractivity (Wildman–Crippen MR) is 72.7 cm³/mol. The van der Waals surface area contributed by atoms with Crippen LogP contribution in [0, 0.1) is 6.92 Å². The summed E-state index contributed by atoms with van der Waals surface area (Å²) in [4.78, 5) is -0.0666. The summed E-state index contributed by atoms with van der Waals surface area (Å²) >= 11 is 5.36. The number of alkyl halides is 1. The number of benzene rings is 1. The van der Waals surface area contributed by atoms with Gasteiger partial charge in [-0.25, -0.2) is 0 Å². The summed E-state index contributed by atoms with van der Waals surface area (Å²) < 4.78 is 29.6. The van der Waals surface area contributed by atoms with Gasteiger partial charge in [0.25, 0.3) is 10.1 Å². The molecule has 0 radical (unpaired) electrons. The first-order valence-corrected chi connectivity index (χ1v) is 7.60. The molecule has 2 N–H and O–H groups in total. The summed E-state index contributed by atoms with van der Waals surface area (Å²) in [5.41, 5.74) is 0.956. The minimum Gasteiger partial charge on any atom is -0.396 e. The van der Waals surface area contributed by atoms with Gasteiger partial charge in [-0.05, 0) is 38.3 Å². The fourth-order valence-corrected chi connectivity index (χ4v) is 1.76. The number of halogens is 1. The Balaban J connectivity index is 0.000000360. The lowest BCUT2D eigenvalue weighted by Crippen LogP contribution is -1.96. The van der Waals surface area contributed by atoms with Crippen LogP contribution < -0.4 is 0 Å². The van der Waals surface area contributed by atoms with Crippen molar-refractivity contribution in [3.63, 3.8) is 0 Å². The lowest BCUT2D eigenvalue weighted by Gasteiger charge is -1.95. The number of hydrogen-bond acceptors (Lipinski definition) is 3. The van der Waals surface area contributed by atoms with E-state index in [1.54, 1.807) is 12.1 Å².